The number of carbonyl (C=O) groups excluding carboxylic acids is 1. The van der Waals surface area contributed by atoms with Gasteiger partial charge in [0.1, 0.15) is 18.0 Å². The van der Waals surface area contributed by atoms with Crippen LogP contribution in [0, 0.1) is 17.0 Å². The molecule has 4 rings (SSSR count). The second-order valence-electron chi connectivity index (χ2n) is 8.19. The molecular formula is C24H26N4O6. The Bertz CT molecular complexity index is 1150. The highest BCUT2D eigenvalue weighted by atomic mass is 16.6. The minimum absolute atomic E-state index is 0.00955. The van der Waals surface area contributed by atoms with Gasteiger partial charge < -0.3 is 18.9 Å². The first-order chi connectivity index (χ1) is 16.4. The van der Waals surface area contributed by atoms with Gasteiger partial charge in [0.2, 0.25) is 11.7 Å². The van der Waals surface area contributed by atoms with Crippen LogP contribution in [0.4, 0.5) is 5.69 Å². The topological polar surface area (TPSA) is 121 Å². The summed E-state index contributed by atoms with van der Waals surface area (Å²) in [7, 11) is 1.60. The van der Waals surface area contributed by atoms with Crippen molar-refractivity contribution in [1.82, 2.24) is 15.0 Å². The van der Waals surface area contributed by atoms with Crippen LogP contribution in [0.2, 0.25) is 0 Å². The maximum Gasteiger partial charge on any atom is 0.272 e. The summed E-state index contributed by atoms with van der Waals surface area (Å²) in [5.74, 6) is 1.72. The molecule has 0 saturated heterocycles. The number of nitro benzene ring substituents is 1. The number of nitrogens with zero attached hydrogens (tertiary/aromatic N) is 4. The van der Waals surface area contributed by atoms with Gasteiger partial charge in [0.15, 0.2) is 6.61 Å². The van der Waals surface area contributed by atoms with Crippen molar-refractivity contribution < 1.29 is 23.7 Å². The second kappa shape index (κ2) is 10.3. The number of ether oxygens (including phenoxy) is 2. The molecule has 0 atom stereocenters. The zero-order chi connectivity index (χ0) is 24.1. The number of aromatic nitrogens is 2. The Kier molecular flexibility index (Phi) is 7.05. The lowest BCUT2D eigenvalue weighted by molar-refractivity contribution is -0.385. The zero-order valence-corrected chi connectivity index (χ0v) is 19.1. The Morgan fingerprint density at radius 1 is 1.18 bits per heavy atom. The highest BCUT2D eigenvalue weighted by Gasteiger charge is 2.29. The largest absolute Gasteiger partial charge is 0.497 e. The molecule has 1 aromatic heterocycles. The first kappa shape index (κ1) is 23.2. The minimum Gasteiger partial charge on any atom is -0.497 e. The molecule has 0 N–H and O–H groups in total. The van der Waals surface area contributed by atoms with E-state index in [1.54, 1.807) is 25.0 Å². The Labute approximate surface area is 196 Å². The van der Waals surface area contributed by atoms with Crippen LogP contribution in [0.5, 0.6) is 11.5 Å². The Morgan fingerprint density at radius 2 is 1.88 bits per heavy atom. The molecule has 10 nitrogen and oxygen atoms in total. The summed E-state index contributed by atoms with van der Waals surface area (Å²) < 4.78 is 16.3. The van der Waals surface area contributed by atoms with Gasteiger partial charge >= 0.3 is 0 Å². The van der Waals surface area contributed by atoms with Gasteiger partial charge in [-0.1, -0.05) is 18.0 Å². The number of methoxy groups -OCH3 is 1. The summed E-state index contributed by atoms with van der Waals surface area (Å²) in [5, 5.41) is 15.1. The SMILES string of the molecule is COc1ccc(-c2noc(CN(C(=O)COc3ccc([N+](=O)[O-])c(C)c3)C3CCCC3)n2)cc1. The number of carbonyl (C=O) groups is 1. The molecule has 3 aromatic rings. The molecule has 1 saturated carbocycles. The van der Waals surface area contributed by atoms with Crippen molar-refractivity contribution in [2.24, 2.45) is 0 Å². The van der Waals surface area contributed by atoms with Crippen molar-refractivity contribution in [2.75, 3.05) is 13.7 Å². The van der Waals surface area contributed by atoms with Crippen LogP contribution in [-0.4, -0.2) is 45.6 Å². The third-order valence-electron chi connectivity index (χ3n) is 5.93. The van der Waals surface area contributed by atoms with E-state index < -0.39 is 4.92 Å². The number of aryl methyl sites for hydroxylation is 1. The zero-order valence-electron chi connectivity index (χ0n) is 19.1. The molecule has 34 heavy (non-hydrogen) atoms. The minimum atomic E-state index is -0.448. The predicted octanol–water partition coefficient (Wildman–Crippen LogP) is 4.31. The molecule has 178 valence electrons. The Balaban J connectivity index is 1.44. The van der Waals surface area contributed by atoms with E-state index in [2.05, 4.69) is 10.1 Å². The number of rotatable bonds is 9. The smallest absolute Gasteiger partial charge is 0.272 e. The summed E-state index contributed by atoms with van der Waals surface area (Å²) in [6.45, 7) is 1.64. The van der Waals surface area contributed by atoms with Crippen LogP contribution >= 0.6 is 0 Å². The predicted molar refractivity (Wildman–Crippen MR) is 122 cm³/mol. The highest BCUT2D eigenvalue weighted by molar-refractivity contribution is 5.78. The normalized spacial score (nSPS) is 13.6. The van der Waals surface area contributed by atoms with Crippen LogP contribution < -0.4 is 9.47 Å². The molecule has 1 aliphatic carbocycles. The first-order valence-corrected chi connectivity index (χ1v) is 11.1. The highest BCUT2D eigenvalue weighted by Crippen LogP contribution is 2.27. The molecule has 2 aromatic carbocycles. The van der Waals surface area contributed by atoms with Crippen LogP contribution in [0.1, 0.15) is 37.1 Å². The summed E-state index contributed by atoms with van der Waals surface area (Å²) in [6, 6.07) is 11.8. The summed E-state index contributed by atoms with van der Waals surface area (Å²) in [4.78, 5) is 29.9. The van der Waals surface area contributed by atoms with Crippen molar-refractivity contribution in [3.63, 3.8) is 0 Å². The fraction of sp³-hybridized carbons (Fsp3) is 0.375. The van der Waals surface area contributed by atoms with Crippen LogP contribution in [0.15, 0.2) is 47.0 Å². The molecule has 0 unspecified atom stereocenters. The van der Waals surface area contributed by atoms with Gasteiger partial charge in [0.25, 0.3) is 11.6 Å². The van der Waals surface area contributed by atoms with Gasteiger partial charge in [-0.2, -0.15) is 4.98 Å². The average molecular weight is 466 g/mol. The molecular weight excluding hydrogens is 440 g/mol. The standard InChI is InChI=1S/C24H26N4O6/c1-16-13-20(11-12-21(16)28(30)31)33-15-23(29)27(18-5-3-4-6-18)14-22-25-24(26-34-22)17-7-9-19(32-2)10-8-17/h7-13,18H,3-6,14-15H2,1-2H3. The molecule has 1 aliphatic rings. The summed E-state index contributed by atoms with van der Waals surface area (Å²) in [6.07, 6.45) is 3.92. The van der Waals surface area contributed by atoms with Crippen molar-refractivity contribution in [3.8, 4) is 22.9 Å². The second-order valence-corrected chi connectivity index (χ2v) is 8.19. The molecule has 0 spiro atoms. The fourth-order valence-corrected chi connectivity index (χ4v) is 4.11. The van der Waals surface area contributed by atoms with Gasteiger partial charge in [0.05, 0.1) is 12.0 Å². The van der Waals surface area contributed by atoms with E-state index in [0.717, 1.165) is 37.0 Å². The quantitative estimate of drug-likeness (QED) is 0.338. The van der Waals surface area contributed by atoms with E-state index in [0.29, 0.717) is 23.0 Å². The maximum absolute atomic E-state index is 13.1. The lowest BCUT2D eigenvalue weighted by Crippen LogP contribution is -2.41. The van der Waals surface area contributed by atoms with Crippen molar-refractivity contribution in [3.05, 3.63) is 64.0 Å². The van der Waals surface area contributed by atoms with E-state index in [4.69, 9.17) is 14.0 Å². The summed E-state index contributed by atoms with van der Waals surface area (Å²) >= 11 is 0. The third kappa shape index (κ3) is 5.33. The number of hydrogen-bond donors (Lipinski definition) is 0. The van der Waals surface area contributed by atoms with Gasteiger partial charge in [-0.25, -0.2) is 0 Å². The molecule has 1 heterocycles. The van der Waals surface area contributed by atoms with E-state index in [1.807, 2.05) is 24.3 Å². The van der Waals surface area contributed by atoms with Gasteiger partial charge in [-0.15, -0.1) is 0 Å². The monoisotopic (exact) mass is 466 g/mol. The number of hydrogen-bond acceptors (Lipinski definition) is 8. The van der Waals surface area contributed by atoms with Crippen LogP contribution in [-0.2, 0) is 11.3 Å². The Hall–Kier alpha value is -3.95. The van der Waals surface area contributed by atoms with Crippen molar-refractivity contribution in [1.29, 1.82) is 0 Å². The van der Waals surface area contributed by atoms with Crippen LogP contribution in [0.3, 0.4) is 0 Å². The van der Waals surface area contributed by atoms with E-state index >= 15 is 0 Å². The molecule has 1 fully saturated rings. The van der Waals surface area contributed by atoms with E-state index in [-0.39, 0.29) is 30.8 Å². The van der Waals surface area contributed by atoms with Gasteiger partial charge in [-0.05, 0) is 56.2 Å². The molecule has 1 amide bonds. The number of nitro groups is 1. The van der Waals surface area contributed by atoms with E-state index in [1.165, 1.54) is 12.1 Å². The lowest BCUT2D eigenvalue weighted by atomic mass is 10.2. The van der Waals surface area contributed by atoms with Crippen LogP contribution in [0.25, 0.3) is 11.4 Å². The van der Waals surface area contributed by atoms with E-state index in [9.17, 15) is 14.9 Å². The fourth-order valence-electron chi connectivity index (χ4n) is 4.11. The maximum atomic E-state index is 13.1. The summed E-state index contributed by atoms with van der Waals surface area (Å²) in [5.41, 5.74) is 1.27. The Morgan fingerprint density at radius 3 is 2.53 bits per heavy atom. The van der Waals surface area contributed by atoms with Crippen molar-refractivity contribution >= 4 is 11.6 Å². The molecule has 10 heteroatoms. The van der Waals surface area contributed by atoms with Gasteiger partial charge in [-0.3, -0.25) is 14.9 Å². The van der Waals surface area contributed by atoms with Crippen molar-refractivity contribution in [2.45, 2.75) is 45.2 Å². The van der Waals surface area contributed by atoms with Gasteiger partial charge in [0, 0.05) is 23.2 Å². The molecule has 0 aliphatic heterocycles. The lowest BCUT2D eigenvalue weighted by Gasteiger charge is -2.27. The molecule has 0 bridgehead atoms. The number of amides is 1. The average Bonchev–Trinajstić information content (AvgIpc) is 3.53. The third-order valence-corrected chi connectivity index (χ3v) is 5.93. The molecule has 0 radical (unpaired) electrons. The number of benzene rings is 2. The first-order valence-electron chi connectivity index (χ1n) is 11.1.